The van der Waals surface area contributed by atoms with E-state index in [9.17, 15) is 13.6 Å². The second-order valence-electron chi connectivity index (χ2n) is 7.31. The molecule has 2 N–H and O–H groups in total. The molecule has 1 amide bonds. The van der Waals surface area contributed by atoms with E-state index in [0.29, 0.717) is 5.69 Å². The second-order valence-corrected chi connectivity index (χ2v) is 7.31. The average molecular weight is 337 g/mol. The van der Waals surface area contributed by atoms with Crippen LogP contribution in [0.4, 0.5) is 14.5 Å². The molecule has 1 atom stereocenters. The Bertz CT molecular complexity index is 623. The van der Waals surface area contributed by atoms with Crippen LogP contribution in [0.1, 0.15) is 32.8 Å². The number of benzene rings is 1. The summed E-state index contributed by atoms with van der Waals surface area (Å²) < 4.78 is 26.2. The van der Waals surface area contributed by atoms with E-state index in [1.165, 1.54) is 11.2 Å². The molecule has 1 aliphatic rings. The van der Waals surface area contributed by atoms with Crippen LogP contribution >= 0.6 is 0 Å². The first-order chi connectivity index (χ1) is 11.2. The zero-order valence-electron chi connectivity index (χ0n) is 14.6. The Balaban J connectivity index is 2.13. The number of nitrogens with one attached hydrogen (secondary N) is 2. The first-order valence-corrected chi connectivity index (χ1v) is 8.05. The van der Waals surface area contributed by atoms with Gasteiger partial charge in [0.2, 0.25) is 0 Å². The van der Waals surface area contributed by atoms with Crippen LogP contribution in [0.5, 0.6) is 0 Å². The number of anilines is 1. The summed E-state index contributed by atoms with van der Waals surface area (Å²) in [7, 11) is 1.59. The number of carbonyl (C=O) groups is 1. The summed E-state index contributed by atoms with van der Waals surface area (Å²) in [4.78, 5) is 12.4. The maximum absolute atomic E-state index is 13.1. The largest absolute Gasteiger partial charge is 0.322 e. The van der Waals surface area contributed by atoms with Gasteiger partial charge in [0.05, 0.1) is 5.57 Å². The highest BCUT2D eigenvalue weighted by molar-refractivity contribution is 6.05. The van der Waals surface area contributed by atoms with E-state index < -0.39 is 18.4 Å². The van der Waals surface area contributed by atoms with E-state index in [2.05, 4.69) is 31.5 Å². The van der Waals surface area contributed by atoms with E-state index in [4.69, 9.17) is 0 Å². The summed E-state index contributed by atoms with van der Waals surface area (Å²) in [6, 6.07) is 6.23. The molecule has 0 fully saturated rings. The van der Waals surface area contributed by atoms with Gasteiger partial charge >= 0.3 is 0 Å². The number of hydrogen-bond donors (Lipinski definition) is 2. The molecule has 0 aliphatic carbocycles. The molecular weight excluding hydrogens is 312 g/mol. The third-order valence-electron chi connectivity index (χ3n) is 3.93. The van der Waals surface area contributed by atoms with Gasteiger partial charge in [0, 0.05) is 18.9 Å². The van der Waals surface area contributed by atoms with Crippen molar-refractivity contribution in [1.82, 2.24) is 10.4 Å². The Morgan fingerprint density at radius 2 is 2.00 bits per heavy atom. The van der Waals surface area contributed by atoms with E-state index in [-0.39, 0.29) is 11.0 Å². The van der Waals surface area contributed by atoms with Gasteiger partial charge in [-0.1, -0.05) is 39.0 Å². The third kappa shape index (κ3) is 4.77. The van der Waals surface area contributed by atoms with Gasteiger partial charge in [0.1, 0.15) is 6.04 Å². The fraction of sp³-hybridized carbons (Fsp3) is 0.500. The number of amides is 1. The number of para-hydroxylation sites is 1. The van der Waals surface area contributed by atoms with Crippen LogP contribution < -0.4 is 10.7 Å². The molecule has 24 heavy (non-hydrogen) atoms. The molecule has 132 valence electrons. The molecule has 4 nitrogen and oxygen atoms in total. The molecule has 0 radical (unpaired) electrons. The summed E-state index contributed by atoms with van der Waals surface area (Å²) in [5.74, 6) is -0.500. The molecule has 0 bridgehead atoms. The van der Waals surface area contributed by atoms with Gasteiger partial charge in [-0.05, 0) is 29.9 Å². The molecule has 0 aromatic heterocycles. The number of hydrazine groups is 1. The highest BCUT2D eigenvalue weighted by atomic mass is 19.3. The van der Waals surface area contributed by atoms with Crippen LogP contribution in [-0.4, -0.2) is 30.4 Å². The van der Waals surface area contributed by atoms with Crippen molar-refractivity contribution >= 4 is 11.6 Å². The maximum atomic E-state index is 13.1. The van der Waals surface area contributed by atoms with Crippen molar-refractivity contribution in [2.45, 2.75) is 46.1 Å². The summed E-state index contributed by atoms with van der Waals surface area (Å²) >= 11 is 0. The lowest BCUT2D eigenvalue weighted by Gasteiger charge is -2.20. The molecule has 0 saturated heterocycles. The van der Waals surface area contributed by atoms with Crippen molar-refractivity contribution < 1.29 is 13.6 Å². The quantitative estimate of drug-likeness (QED) is 0.863. The fourth-order valence-corrected chi connectivity index (χ4v) is 2.57. The Morgan fingerprint density at radius 3 is 2.62 bits per heavy atom. The van der Waals surface area contributed by atoms with Gasteiger partial charge in [-0.25, -0.2) is 14.2 Å². The number of aryl methyl sites for hydroxylation is 1. The molecule has 1 heterocycles. The zero-order chi connectivity index (χ0) is 17.9. The van der Waals surface area contributed by atoms with E-state index in [0.717, 1.165) is 18.4 Å². The topological polar surface area (TPSA) is 44.4 Å². The highest BCUT2D eigenvalue weighted by Crippen LogP contribution is 2.26. The highest BCUT2D eigenvalue weighted by Gasteiger charge is 2.34. The minimum absolute atomic E-state index is 0.0399. The van der Waals surface area contributed by atoms with Crippen molar-refractivity contribution in [3.8, 4) is 0 Å². The van der Waals surface area contributed by atoms with Crippen LogP contribution in [0.15, 0.2) is 36.0 Å². The molecule has 1 aromatic rings. The van der Waals surface area contributed by atoms with Gasteiger partial charge in [0.25, 0.3) is 12.3 Å². The van der Waals surface area contributed by atoms with Crippen LogP contribution in [0.25, 0.3) is 0 Å². The van der Waals surface area contributed by atoms with Crippen molar-refractivity contribution in [2.75, 3.05) is 12.4 Å². The number of hydrogen-bond acceptors (Lipinski definition) is 3. The normalized spacial score (nSPS) is 18.0. The molecule has 6 heteroatoms. The van der Waals surface area contributed by atoms with Crippen molar-refractivity contribution in [2.24, 2.45) is 5.41 Å². The molecule has 1 aromatic carbocycles. The Kier molecular flexibility index (Phi) is 5.59. The first kappa shape index (κ1) is 18.4. The van der Waals surface area contributed by atoms with Gasteiger partial charge in [0.15, 0.2) is 0 Å². The molecule has 1 unspecified atom stereocenters. The van der Waals surface area contributed by atoms with E-state index in [1.807, 2.05) is 18.2 Å². The summed E-state index contributed by atoms with van der Waals surface area (Å²) in [5.41, 5.74) is 4.46. The second kappa shape index (κ2) is 7.30. The predicted molar refractivity (Wildman–Crippen MR) is 91.6 cm³/mol. The summed E-state index contributed by atoms with van der Waals surface area (Å²) in [6.45, 7) is 6.48. The third-order valence-corrected chi connectivity index (χ3v) is 3.93. The predicted octanol–water partition coefficient (Wildman–Crippen LogP) is 3.57. The zero-order valence-corrected chi connectivity index (χ0v) is 14.6. The van der Waals surface area contributed by atoms with Gasteiger partial charge < -0.3 is 10.3 Å². The van der Waals surface area contributed by atoms with Crippen molar-refractivity contribution in [3.63, 3.8) is 0 Å². The smallest absolute Gasteiger partial charge is 0.259 e. The molecule has 0 saturated carbocycles. The van der Waals surface area contributed by atoms with Crippen molar-refractivity contribution in [3.05, 3.63) is 41.6 Å². The van der Waals surface area contributed by atoms with Crippen LogP contribution in [-0.2, 0) is 11.2 Å². The molecule has 2 rings (SSSR count). The Morgan fingerprint density at radius 1 is 1.33 bits per heavy atom. The lowest BCUT2D eigenvalue weighted by molar-refractivity contribution is -0.113. The minimum atomic E-state index is -2.65. The van der Waals surface area contributed by atoms with Crippen molar-refractivity contribution in [1.29, 1.82) is 0 Å². The van der Waals surface area contributed by atoms with Crippen LogP contribution in [0.2, 0.25) is 0 Å². The van der Waals surface area contributed by atoms with Gasteiger partial charge in [-0.2, -0.15) is 0 Å². The van der Waals surface area contributed by atoms with E-state index >= 15 is 0 Å². The lowest BCUT2D eigenvalue weighted by Crippen LogP contribution is -2.40. The Labute approximate surface area is 141 Å². The fourth-order valence-electron chi connectivity index (χ4n) is 2.57. The number of alkyl halides is 2. The Hall–Kier alpha value is -1.95. The van der Waals surface area contributed by atoms with Gasteiger partial charge in [-0.15, -0.1) is 0 Å². The number of halogens is 2. The first-order valence-electron chi connectivity index (χ1n) is 8.05. The minimum Gasteiger partial charge on any atom is -0.322 e. The molecular formula is C18H25F2N3O. The van der Waals surface area contributed by atoms with Gasteiger partial charge in [-0.3, -0.25) is 4.79 Å². The number of carbonyl (C=O) groups excluding carboxylic acids is 1. The molecule has 0 spiro atoms. The maximum Gasteiger partial charge on any atom is 0.259 e. The molecule has 1 aliphatic heterocycles. The summed E-state index contributed by atoms with van der Waals surface area (Å²) in [6.07, 6.45) is 0.536. The number of nitrogens with zero attached hydrogens (tertiary/aromatic N) is 1. The SMILES string of the molecule is CN1C=C(C(=O)Nc2ccccc2CCC(C)(C)C)C(C(F)F)N1. The van der Waals surface area contributed by atoms with Crippen LogP contribution in [0.3, 0.4) is 0 Å². The monoisotopic (exact) mass is 337 g/mol. The van der Waals surface area contributed by atoms with Crippen LogP contribution in [0, 0.1) is 5.41 Å². The standard InChI is InChI=1S/C18H25F2N3O/c1-18(2,3)10-9-12-7-5-6-8-14(12)21-17(24)13-11-23(4)22-15(13)16(19)20/h5-8,11,15-16,22H,9-10H2,1-4H3,(H,21,24). The lowest BCUT2D eigenvalue weighted by atomic mass is 9.88. The average Bonchev–Trinajstić information content (AvgIpc) is 2.88. The van der Waals surface area contributed by atoms with E-state index in [1.54, 1.807) is 13.1 Å². The number of rotatable bonds is 5. The summed E-state index contributed by atoms with van der Waals surface area (Å²) in [5, 5.41) is 4.17.